The van der Waals surface area contributed by atoms with E-state index in [1.54, 1.807) is 0 Å². The van der Waals surface area contributed by atoms with Gasteiger partial charge in [0.05, 0.1) is 11.1 Å². The number of halogens is 1. The van der Waals surface area contributed by atoms with Gasteiger partial charge in [-0.25, -0.2) is 0 Å². The van der Waals surface area contributed by atoms with Gasteiger partial charge in [0.1, 0.15) is 11.2 Å². The van der Waals surface area contributed by atoms with Crippen molar-refractivity contribution in [1.29, 1.82) is 5.26 Å². The summed E-state index contributed by atoms with van der Waals surface area (Å²) in [5.74, 6) is 0. The Labute approximate surface area is 135 Å². The van der Waals surface area contributed by atoms with E-state index in [1.165, 1.54) is 22.3 Å². The summed E-state index contributed by atoms with van der Waals surface area (Å²) in [7, 11) is 0. The first-order valence-electron chi connectivity index (χ1n) is 7.26. The fourth-order valence-corrected chi connectivity index (χ4v) is 3.01. The average molecular weight is 309 g/mol. The summed E-state index contributed by atoms with van der Waals surface area (Å²) in [6.07, 6.45) is 0. The second-order valence-corrected chi connectivity index (χ2v) is 6.16. The Morgan fingerprint density at radius 3 is 2.32 bits per heavy atom. The molecule has 0 aliphatic heterocycles. The van der Waals surface area contributed by atoms with Gasteiger partial charge in [0.25, 0.3) is 0 Å². The van der Waals surface area contributed by atoms with E-state index in [0.717, 1.165) is 10.9 Å². The van der Waals surface area contributed by atoms with Crippen LogP contribution in [0.25, 0.3) is 10.9 Å². The molecule has 0 saturated carbocycles. The maximum Gasteiger partial charge on any atom is 0.128 e. The molecule has 0 saturated heterocycles. The Hall–Kier alpha value is -2.24. The summed E-state index contributed by atoms with van der Waals surface area (Å²) in [5.41, 5.74) is 6.37. The topological polar surface area (TPSA) is 28.7 Å². The molecule has 0 aliphatic rings. The van der Waals surface area contributed by atoms with Gasteiger partial charge in [-0.3, -0.25) is 0 Å². The van der Waals surface area contributed by atoms with E-state index in [2.05, 4.69) is 63.2 Å². The van der Waals surface area contributed by atoms with Gasteiger partial charge in [-0.15, -0.1) is 0 Å². The molecule has 0 fully saturated rings. The van der Waals surface area contributed by atoms with E-state index < -0.39 is 0 Å². The van der Waals surface area contributed by atoms with Crippen LogP contribution in [0.15, 0.2) is 36.4 Å². The highest BCUT2D eigenvalue weighted by atomic mass is 35.5. The third-order valence-electron chi connectivity index (χ3n) is 4.19. The smallest absolute Gasteiger partial charge is 0.128 e. The number of nitrogens with zero attached hydrogens (tertiary/aromatic N) is 2. The Bertz CT molecular complexity index is 896. The maximum absolute atomic E-state index is 9.44. The second kappa shape index (κ2) is 5.51. The summed E-state index contributed by atoms with van der Waals surface area (Å²) in [6, 6.07) is 14.8. The van der Waals surface area contributed by atoms with Gasteiger partial charge >= 0.3 is 0 Å². The lowest BCUT2D eigenvalue weighted by Gasteiger charge is -2.09. The molecule has 0 radical (unpaired) electrons. The zero-order valence-corrected chi connectivity index (χ0v) is 13.7. The Balaban J connectivity index is 2.20. The molecule has 1 heterocycles. The van der Waals surface area contributed by atoms with Gasteiger partial charge in [-0.05, 0) is 49.6 Å². The van der Waals surface area contributed by atoms with Gasteiger partial charge in [-0.2, -0.15) is 5.26 Å². The van der Waals surface area contributed by atoms with Crippen molar-refractivity contribution in [2.75, 3.05) is 0 Å². The van der Waals surface area contributed by atoms with Gasteiger partial charge in [-0.1, -0.05) is 41.4 Å². The predicted molar refractivity (Wildman–Crippen MR) is 91.4 cm³/mol. The number of fused-ring (bicyclic) bond motifs is 1. The first-order chi connectivity index (χ1) is 10.5. The van der Waals surface area contributed by atoms with Gasteiger partial charge < -0.3 is 4.57 Å². The van der Waals surface area contributed by atoms with Crippen LogP contribution in [0.3, 0.4) is 0 Å². The van der Waals surface area contributed by atoms with Crippen LogP contribution in [0.5, 0.6) is 0 Å². The third kappa shape index (κ3) is 2.38. The van der Waals surface area contributed by atoms with E-state index in [9.17, 15) is 5.26 Å². The maximum atomic E-state index is 9.44. The highest BCUT2D eigenvalue weighted by Crippen LogP contribution is 2.32. The molecule has 0 aliphatic carbocycles. The van der Waals surface area contributed by atoms with Gasteiger partial charge in [0.15, 0.2) is 0 Å². The summed E-state index contributed by atoms with van der Waals surface area (Å²) < 4.78 is 2.02. The van der Waals surface area contributed by atoms with E-state index in [-0.39, 0.29) is 0 Å². The van der Waals surface area contributed by atoms with Crippen molar-refractivity contribution in [1.82, 2.24) is 4.57 Å². The molecule has 0 N–H and O–H groups in total. The Morgan fingerprint density at radius 1 is 1.05 bits per heavy atom. The SMILES string of the molecule is Cc1ccc(Cn2c(Cl)c(C#N)c3cc(C)c(C)cc32)cc1. The van der Waals surface area contributed by atoms with Crippen molar-refractivity contribution < 1.29 is 0 Å². The largest absolute Gasteiger partial charge is 0.326 e. The van der Waals surface area contributed by atoms with Crippen LogP contribution in [-0.4, -0.2) is 4.57 Å². The quantitative estimate of drug-likeness (QED) is 0.644. The predicted octanol–water partition coefficient (Wildman–Crippen LogP) is 5.14. The summed E-state index contributed by atoms with van der Waals surface area (Å²) in [6.45, 7) is 6.88. The third-order valence-corrected chi connectivity index (χ3v) is 4.58. The molecule has 110 valence electrons. The van der Waals surface area contributed by atoms with Crippen molar-refractivity contribution in [3.8, 4) is 6.07 Å². The minimum absolute atomic E-state index is 0.517. The second-order valence-electron chi connectivity index (χ2n) is 5.80. The summed E-state index contributed by atoms with van der Waals surface area (Å²) in [4.78, 5) is 0. The fourth-order valence-electron chi connectivity index (χ4n) is 2.71. The molecule has 2 nitrogen and oxygen atoms in total. The number of aryl methyl sites for hydroxylation is 3. The van der Waals surface area contributed by atoms with Crippen LogP contribution in [0.4, 0.5) is 0 Å². The molecule has 0 unspecified atom stereocenters. The number of hydrogen-bond donors (Lipinski definition) is 0. The van der Waals surface area contributed by atoms with E-state index in [1.807, 2.05) is 4.57 Å². The summed E-state index contributed by atoms with van der Waals surface area (Å²) in [5, 5.41) is 10.9. The molecular weight excluding hydrogens is 292 g/mol. The van der Waals surface area contributed by atoms with Crippen LogP contribution >= 0.6 is 11.6 Å². The highest BCUT2D eigenvalue weighted by Gasteiger charge is 2.16. The van der Waals surface area contributed by atoms with Crippen LogP contribution in [-0.2, 0) is 6.54 Å². The standard InChI is InChI=1S/C19H17ClN2/c1-12-4-6-15(7-5-12)11-22-18-9-14(3)13(2)8-16(18)17(10-21)19(22)20/h4-9H,11H2,1-3H3. The summed E-state index contributed by atoms with van der Waals surface area (Å²) >= 11 is 6.48. The molecule has 3 rings (SSSR count). The van der Waals surface area contributed by atoms with E-state index in [0.29, 0.717) is 17.3 Å². The van der Waals surface area contributed by atoms with E-state index in [4.69, 9.17) is 11.6 Å². The van der Waals surface area contributed by atoms with Crippen molar-refractivity contribution in [2.24, 2.45) is 0 Å². The van der Waals surface area contributed by atoms with Crippen LogP contribution < -0.4 is 0 Å². The fraction of sp³-hybridized carbons (Fsp3) is 0.211. The van der Waals surface area contributed by atoms with Crippen molar-refractivity contribution in [2.45, 2.75) is 27.3 Å². The van der Waals surface area contributed by atoms with Crippen molar-refractivity contribution >= 4 is 22.5 Å². The molecule has 0 spiro atoms. The first-order valence-corrected chi connectivity index (χ1v) is 7.63. The lowest BCUT2D eigenvalue weighted by atomic mass is 10.1. The van der Waals surface area contributed by atoms with Crippen LogP contribution in [0, 0.1) is 32.1 Å². The lowest BCUT2D eigenvalue weighted by Crippen LogP contribution is -2.00. The molecule has 0 amide bonds. The van der Waals surface area contributed by atoms with Gasteiger partial charge in [0.2, 0.25) is 0 Å². The molecular formula is C19H17ClN2. The molecule has 3 aromatic rings. The Kier molecular flexibility index (Phi) is 3.68. The monoisotopic (exact) mass is 308 g/mol. The first kappa shape index (κ1) is 14.7. The number of rotatable bonds is 2. The minimum Gasteiger partial charge on any atom is -0.326 e. The number of hydrogen-bond acceptors (Lipinski definition) is 1. The van der Waals surface area contributed by atoms with E-state index >= 15 is 0 Å². The van der Waals surface area contributed by atoms with Gasteiger partial charge in [0, 0.05) is 11.9 Å². The number of benzene rings is 2. The van der Waals surface area contributed by atoms with Crippen LogP contribution in [0.1, 0.15) is 27.8 Å². The molecule has 1 aromatic heterocycles. The number of aromatic nitrogens is 1. The molecule has 2 aromatic carbocycles. The normalized spacial score (nSPS) is 10.9. The highest BCUT2D eigenvalue weighted by molar-refractivity contribution is 6.32. The Morgan fingerprint density at radius 2 is 1.68 bits per heavy atom. The molecule has 0 bridgehead atoms. The van der Waals surface area contributed by atoms with Crippen LogP contribution in [0.2, 0.25) is 5.15 Å². The minimum atomic E-state index is 0.517. The zero-order valence-electron chi connectivity index (χ0n) is 12.9. The number of nitriles is 1. The van der Waals surface area contributed by atoms with Crippen molar-refractivity contribution in [3.05, 3.63) is 69.4 Å². The average Bonchev–Trinajstić information content (AvgIpc) is 2.74. The lowest BCUT2D eigenvalue weighted by molar-refractivity contribution is 0.836. The zero-order chi connectivity index (χ0) is 15.9. The van der Waals surface area contributed by atoms with Crippen molar-refractivity contribution in [3.63, 3.8) is 0 Å². The molecule has 22 heavy (non-hydrogen) atoms. The molecule has 3 heteroatoms. The molecule has 0 atom stereocenters.